The van der Waals surface area contributed by atoms with E-state index in [2.05, 4.69) is 5.32 Å². The minimum atomic E-state index is -0.356. The molecule has 1 aromatic rings. The molecule has 0 aromatic heterocycles. The molecule has 0 aliphatic heterocycles. The van der Waals surface area contributed by atoms with Crippen molar-refractivity contribution in [2.24, 2.45) is 0 Å². The second kappa shape index (κ2) is 6.02. The van der Waals surface area contributed by atoms with Crippen molar-refractivity contribution >= 4 is 29.1 Å². The second-order valence-corrected chi connectivity index (χ2v) is 5.79. The lowest BCUT2D eigenvalue weighted by atomic mass is 9.83. The van der Waals surface area contributed by atoms with E-state index in [9.17, 15) is 9.90 Å². The Labute approximate surface area is 122 Å². The van der Waals surface area contributed by atoms with Gasteiger partial charge in [0.2, 0.25) is 0 Å². The number of hydrogen-bond acceptors (Lipinski definition) is 2. The number of aromatic hydroxyl groups is 1. The summed E-state index contributed by atoms with van der Waals surface area (Å²) in [6.45, 7) is 0. The molecule has 1 aliphatic carbocycles. The molecule has 1 aromatic carbocycles. The lowest BCUT2D eigenvalue weighted by Crippen LogP contribution is -2.51. The van der Waals surface area contributed by atoms with Crippen LogP contribution in [0.3, 0.4) is 0 Å². The van der Waals surface area contributed by atoms with Crippen LogP contribution in [-0.4, -0.2) is 22.4 Å². The topological polar surface area (TPSA) is 49.3 Å². The third kappa shape index (κ3) is 3.34. The maximum Gasteiger partial charge on any atom is 0.255 e. The van der Waals surface area contributed by atoms with Gasteiger partial charge < -0.3 is 10.4 Å². The summed E-state index contributed by atoms with van der Waals surface area (Å²) in [5.74, 6) is 0.00468. The first-order valence-electron chi connectivity index (χ1n) is 6.43. The van der Waals surface area contributed by atoms with Gasteiger partial charge in [-0.2, -0.15) is 0 Å². The number of benzene rings is 1. The fraction of sp³-hybridized carbons (Fsp3) is 0.500. The van der Waals surface area contributed by atoms with E-state index in [1.54, 1.807) is 6.07 Å². The van der Waals surface area contributed by atoms with Gasteiger partial charge in [0.15, 0.2) is 0 Å². The number of carbonyl (C=O) groups is 1. The van der Waals surface area contributed by atoms with E-state index in [4.69, 9.17) is 23.2 Å². The minimum absolute atomic E-state index is 0.0672. The molecule has 0 bridgehead atoms. The first-order chi connectivity index (χ1) is 9.06. The quantitative estimate of drug-likeness (QED) is 0.836. The minimum Gasteiger partial charge on any atom is -0.507 e. The molecule has 0 radical (unpaired) electrons. The van der Waals surface area contributed by atoms with Gasteiger partial charge in [0.25, 0.3) is 5.91 Å². The summed E-state index contributed by atoms with van der Waals surface area (Å²) in [6.07, 6.45) is 5.06. The zero-order valence-electron chi connectivity index (χ0n) is 10.6. The van der Waals surface area contributed by atoms with Crippen LogP contribution >= 0.6 is 23.2 Å². The number of rotatable bonds is 3. The molecule has 2 rings (SSSR count). The fourth-order valence-electron chi connectivity index (χ4n) is 2.52. The molecule has 1 fully saturated rings. The molecule has 104 valence electrons. The second-order valence-electron chi connectivity index (χ2n) is 5.09. The highest BCUT2D eigenvalue weighted by Gasteiger charge is 2.33. The fourth-order valence-corrected chi connectivity index (χ4v) is 3.03. The van der Waals surface area contributed by atoms with Gasteiger partial charge in [-0.25, -0.2) is 0 Å². The number of halogens is 2. The van der Waals surface area contributed by atoms with E-state index in [1.807, 2.05) is 0 Å². The van der Waals surface area contributed by atoms with Crippen molar-refractivity contribution < 1.29 is 9.90 Å². The number of hydrogen-bond donors (Lipinski definition) is 2. The molecule has 0 atom stereocenters. The van der Waals surface area contributed by atoms with E-state index >= 15 is 0 Å². The van der Waals surface area contributed by atoms with Crippen LogP contribution in [0.1, 0.15) is 42.5 Å². The van der Waals surface area contributed by atoms with Crippen LogP contribution in [0.5, 0.6) is 5.75 Å². The highest BCUT2D eigenvalue weighted by atomic mass is 35.5. The molecule has 19 heavy (non-hydrogen) atoms. The van der Waals surface area contributed by atoms with E-state index in [1.165, 1.54) is 18.6 Å². The Bertz CT molecular complexity index is 471. The SMILES string of the molecule is O=C(NC1(CCl)CCCCC1)c1cc(Cl)ccc1O. The van der Waals surface area contributed by atoms with Crippen molar-refractivity contribution in [2.45, 2.75) is 37.6 Å². The molecular formula is C14H17Cl2NO2. The standard InChI is InChI=1S/C14H17Cl2NO2/c15-9-14(6-2-1-3-7-14)17-13(19)11-8-10(16)4-5-12(11)18/h4-5,8,18H,1-3,6-7,9H2,(H,17,19). The Morgan fingerprint density at radius 1 is 1.32 bits per heavy atom. The summed E-state index contributed by atoms with van der Waals surface area (Å²) in [4.78, 5) is 12.3. The molecule has 1 aliphatic rings. The molecular weight excluding hydrogens is 285 g/mol. The third-order valence-electron chi connectivity index (χ3n) is 3.65. The van der Waals surface area contributed by atoms with Gasteiger partial charge in [-0.15, -0.1) is 11.6 Å². The number of carbonyl (C=O) groups excluding carboxylic acids is 1. The molecule has 3 nitrogen and oxygen atoms in total. The van der Waals surface area contributed by atoms with Crippen LogP contribution in [0.2, 0.25) is 5.02 Å². The van der Waals surface area contributed by atoms with Gasteiger partial charge in [-0.3, -0.25) is 4.79 Å². The zero-order valence-corrected chi connectivity index (χ0v) is 12.1. The predicted molar refractivity (Wildman–Crippen MR) is 77.1 cm³/mol. The Kier molecular flexibility index (Phi) is 4.58. The Morgan fingerprint density at radius 2 is 2.00 bits per heavy atom. The number of amides is 1. The summed E-state index contributed by atoms with van der Waals surface area (Å²) in [7, 11) is 0. The van der Waals surface area contributed by atoms with E-state index in [0.29, 0.717) is 10.9 Å². The van der Waals surface area contributed by atoms with E-state index < -0.39 is 0 Å². The maximum atomic E-state index is 12.3. The Balaban J connectivity index is 2.17. The van der Waals surface area contributed by atoms with Crippen LogP contribution in [0.25, 0.3) is 0 Å². The van der Waals surface area contributed by atoms with Gasteiger partial charge in [0.1, 0.15) is 5.75 Å². The summed E-state index contributed by atoms with van der Waals surface area (Å²) in [5.41, 5.74) is -0.159. The molecule has 1 saturated carbocycles. The molecule has 0 unspecified atom stereocenters. The van der Waals surface area contributed by atoms with Crippen LogP contribution in [-0.2, 0) is 0 Å². The maximum absolute atomic E-state index is 12.3. The van der Waals surface area contributed by atoms with Gasteiger partial charge in [-0.05, 0) is 31.0 Å². The van der Waals surface area contributed by atoms with Gasteiger partial charge >= 0.3 is 0 Å². The van der Waals surface area contributed by atoms with E-state index in [0.717, 1.165) is 25.7 Å². The van der Waals surface area contributed by atoms with Crippen LogP contribution in [0.15, 0.2) is 18.2 Å². The largest absolute Gasteiger partial charge is 0.507 e. The number of phenols is 1. The lowest BCUT2D eigenvalue weighted by molar-refractivity contribution is 0.0882. The highest BCUT2D eigenvalue weighted by molar-refractivity contribution is 6.31. The molecule has 0 spiro atoms. The summed E-state index contributed by atoms with van der Waals surface area (Å²) >= 11 is 11.9. The van der Waals surface area contributed by atoms with Crippen molar-refractivity contribution in [1.82, 2.24) is 5.32 Å². The van der Waals surface area contributed by atoms with Crippen molar-refractivity contribution in [3.8, 4) is 5.75 Å². The summed E-state index contributed by atoms with van der Waals surface area (Å²) in [6, 6.07) is 4.44. The van der Waals surface area contributed by atoms with E-state index in [-0.39, 0.29) is 22.8 Å². The molecule has 2 N–H and O–H groups in total. The van der Waals surface area contributed by atoms with Crippen molar-refractivity contribution in [1.29, 1.82) is 0 Å². The predicted octanol–water partition coefficient (Wildman–Crippen LogP) is 3.72. The van der Waals surface area contributed by atoms with Crippen LogP contribution in [0.4, 0.5) is 0 Å². The van der Waals surface area contributed by atoms with Crippen LogP contribution < -0.4 is 5.32 Å². The first kappa shape index (κ1) is 14.5. The Hall–Kier alpha value is -0.930. The number of nitrogens with one attached hydrogen (secondary N) is 1. The van der Waals surface area contributed by atoms with Crippen molar-refractivity contribution in [2.75, 3.05) is 5.88 Å². The molecule has 0 heterocycles. The first-order valence-corrected chi connectivity index (χ1v) is 7.35. The molecule has 5 heteroatoms. The zero-order chi connectivity index (χ0) is 13.9. The van der Waals surface area contributed by atoms with Gasteiger partial charge in [-0.1, -0.05) is 30.9 Å². The normalized spacial score (nSPS) is 18.0. The van der Waals surface area contributed by atoms with Crippen molar-refractivity contribution in [3.05, 3.63) is 28.8 Å². The lowest BCUT2D eigenvalue weighted by Gasteiger charge is -2.36. The number of phenolic OH excluding ortho intramolecular Hbond substituents is 1. The smallest absolute Gasteiger partial charge is 0.255 e. The molecule has 1 amide bonds. The number of alkyl halides is 1. The van der Waals surface area contributed by atoms with Crippen LogP contribution in [0, 0.1) is 0 Å². The monoisotopic (exact) mass is 301 g/mol. The average Bonchev–Trinajstić information content (AvgIpc) is 2.42. The Morgan fingerprint density at radius 3 is 2.63 bits per heavy atom. The molecule has 0 saturated heterocycles. The van der Waals surface area contributed by atoms with Gasteiger partial charge in [0, 0.05) is 10.9 Å². The average molecular weight is 302 g/mol. The highest BCUT2D eigenvalue weighted by Crippen LogP contribution is 2.30. The third-order valence-corrected chi connectivity index (χ3v) is 4.40. The summed E-state index contributed by atoms with van der Waals surface area (Å²) in [5, 5.41) is 13.1. The van der Waals surface area contributed by atoms with Crippen molar-refractivity contribution in [3.63, 3.8) is 0 Å². The summed E-state index contributed by atoms with van der Waals surface area (Å²) < 4.78 is 0. The van der Waals surface area contributed by atoms with Gasteiger partial charge in [0.05, 0.1) is 11.1 Å².